The van der Waals surface area contributed by atoms with Crippen molar-refractivity contribution in [2.45, 2.75) is 6.54 Å². The molecule has 0 aliphatic rings. The van der Waals surface area contributed by atoms with E-state index in [9.17, 15) is 4.79 Å². The molecule has 0 amide bonds. The zero-order valence-corrected chi connectivity index (χ0v) is 11.0. The molecule has 0 spiro atoms. The predicted molar refractivity (Wildman–Crippen MR) is 72.4 cm³/mol. The third-order valence-electron chi connectivity index (χ3n) is 2.18. The van der Waals surface area contributed by atoms with Crippen LogP contribution < -0.4 is 16.8 Å². The number of pyridine rings is 1. The number of nitrogens with two attached hydrogens (primary N) is 1. The highest BCUT2D eigenvalue weighted by Gasteiger charge is 2.02. The minimum absolute atomic E-state index is 0.0540. The van der Waals surface area contributed by atoms with Crippen LogP contribution in [0, 0.1) is 3.57 Å². The topological polar surface area (TPSA) is 85.8 Å². The van der Waals surface area contributed by atoms with Crippen LogP contribution in [0.15, 0.2) is 35.6 Å². The first-order valence-corrected chi connectivity index (χ1v) is 5.90. The summed E-state index contributed by atoms with van der Waals surface area (Å²) < 4.78 is 2.13. The lowest BCUT2D eigenvalue weighted by atomic mass is 10.3. The second kappa shape index (κ2) is 5.23. The number of nitrogens with one attached hydrogen (secondary N) is 1. The lowest BCUT2D eigenvalue weighted by molar-refractivity contribution is 0.728. The Labute approximate surface area is 111 Å². The summed E-state index contributed by atoms with van der Waals surface area (Å²) >= 11 is 1.97. The molecule has 0 aliphatic carbocycles. The van der Waals surface area contributed by atoms with Gasteiger partial charge in [0.05, 0.1) is 16.4 Å². The summed E-state index contributed by atoms with van der Waals surface area (Å²) in [4.78, 5) is 19.8. The fourth-order valence-corrected chi connectivity index (χ4v) is 1.81. The number of rotatable bonds is 3. The van der Waals surface area contributed by atoms with Crippen LogP contribution in [0.5, 0.6) is 0 Å². The van der Waals surface area contributed by atoms with Gasteiger partial charge in [-0.15, -0.1) is 0 Å². The van der Waals surface area contributed by atoms with E-state index in [2.05, 4.69) is 15.4 Å². The third kappa shape index (κ3) is 2.80. The van der Waals surface area contributed by atoms with Gasteiger partial charge in [0.15, 0.2) is 0 Å². The van der Waals surface area contributed by atoms with E-state index in [-0.39, 0.29) is 5.56 Å². The minimum Gasteiger partial charge on any atom is -0.308 e. The zero-order valence-electron chi connectivity index (χ0n) is 8.80. The van der Waals surface area contributed by atoms with Gasteiger partial charge in [0.1, 0.15) is 5.82 Å². The first-order valence-electron chi connectivity index (χ1n) is 4.82. The summed E-state index contributed by atoms with van der Waals surface area (Å²) in [7, 11) is 0. The van der Waals surface area contributed by atoms with E-state index >= 15 is 0 Å². The smallest absolute Gasteiger partial charge is 0.267 e. The Hall–Kier alpha value is -1.48. The molecule has 2 rings (SSSR count). The Balaban J connectivity index is 2.25. The van der Waals surface area contributed by atoms with Gasteiger partial charge in [-0.2, -0.15) is 0 Å². The Morgan fingerprint density at radius 3 is 2.88 bits per heavy atom. The lowest BCUT2D eigenvalue weighted by Crippen LogP contribution is -2.23. The Bertz CT molecular complexity index is 566. The highest BCUT2D eigenvalue weighted by atomic mass is 127. The number of nitrogens with zero attached hydrogens (tertiary/aromatic N) is 3. The van der Waals surface area contributed by atoms with Crippen molar-refractivity contribution in [3.63, 3.8) is 0 Å². The van der Waals surface area contributed by atoms with Crippen molar-refractivity contribution in [1.82, 2.24) is 14.5 Å². The van der Waals surface area contributed by atoms with Crippen LogP contribution in [0.3, 0.4) is 0 Å². The highest BCUT2D eigenvalue weighted by Crippen LogP contribution is 2.04. The highest BCUT2D eigenvalue weighted by molar-refractivity contribution is 14.1. The number of halogens is 1. The van der Waals surface area contributed by atoms with E-state index < -0.39 is 0 Å². The first kappa shape index (κ1) is 12.0. The van der Waals surface area contributed by atoms with Crippen LogP contribution in [-0.4, -0.2) is 14.5 Å². The number of anilines is 1. The van der Waals surface area contributed by atoms with Gasteiger partial charge in [-0.1, -0.05) is 6.07 Å². The standard InChI is InChI=1S/C10H10IN5O/c11-8-4-13-6-16(10(8)17)5-7-1-2-9(15-12)14-3-7/h1-4,6H,5,12H2,(H,14,15). The monoisotopic (exact) mass is 343 g/mol. The van der Waals surface area contributed by atoms with Crippen molar-refractivity contribution in [2.75, 3.05) is 5.43 Å². The molecule has 0 aromatic carbocycles. The zero-order chi connectivity index (χ0) is 12.3. The summed E-state index contributed by atoms with van der Waals surface area (Å²) in [6.07, 6.45) is 4.72. The van der Waals surface area contributed by atoms with E-state index in [1.54, 1.807) is 18.5 Å². The quantitative estimate of drug-likeness (QED) is 0.484. The maximum atomic E-state index is 11.8. The maximum absolute atomic E-state index is 11.8. The van der Waals surface area contributed by atoms with Gasteiger partial charge in [-0.05, 0) is 34.2 Å². The van der Waals surface area contributed by atoms with Gasteiger partial charge in [-0.25, -0.2) is 15.8 Å². The molecule has 17 heavy (non-hydrogen) atoms. The van der Waals surface area contributed by atoms with Crippen molar-refractivity contribution in [1.29, 1.82) is 0 Å². The summed E-state index contributed by atoms with van der Waals surface area (Å²) in [6.45, 7) is 0.445. The molecule has 0 saturated carbocycles. The summed E-state index contributed by atoms with van der Waals surface area (Å²) in [5.74, 6) is 5.80. The summed E-state index contributed by atoms with van der Waals surface area (Å²) in [5, 5.41) is 0. The van der Waals surface area contributed by atoms with Crippen LogP contribution in [-0.2, 0) is 6.54 Å². The molecule has 2 aromatic rings. The SMILES string of the molecule is NNc1ccc(Cn2cncc(I)c2=O)cn1. The van der Waals surface area contributed by atoms with Gasteiger partial charge < -0.3 is 5.43 Å². The molecule has 0 unspecified atom stereocenters. The number of hydrogen-bond acceptors (Lipinski definition) is 5. The van der Waals surface area contributed by atoms with Crippen molar-refractivity contribution in [2.24, 2.45) is 5.84 Å². The molecule has 0 saturated heterocycles. The van der Waals surface area contributed by atoms with Gasteiger partial charge in [0.2, 0.25) is 0 Å². The largest absolute Gasteiger partial charge is 0.308 e. The summed E-state index contributed by atoms with van der Waals surface area (Å²) in [5.41, 5.74) is 3.30. The summed E-state index contributed by atoms with van der Waals surface area (Å²) in [6, 6.07) is 3.61. The van der Waals surface area contributed by atoms with Gasteiger partial charge in [0.25, 0.3) is 5.56 Å². The predicted octanol–water partition coefficient (Wildman–Crippen LogP) is 0.577. The number of aromatic nitrogens is 3. The van der Waals surface area contributed by atoms with Crippen molar-refractivity contribution in [3.05, 3.63) is 50.3 Å². The van der Waals surface area contributed by atoms with Crippen LogP contribution in [0.4, 0.5) is 5.82 Å². The molecule has 0 bridgehead atoms. The van der Waals surface area contributed by atoms with Crippen LogP contribution in [0.1, 0.15) is 5.56 Å². The van der Waals surface area contributed by atoms with Crippen LogP contribution >= 0.6 is 22.6 Å². The average Bonchev–Trinajstić information content (AvgIpc) is 2.36. The molecule has 2 heterocycles. The second-order valence-electron chi connectivity index (χ2n) is 3.37. The fraction of sp³-hybridized carbons (Fsp3) is 0.100. The third-order valence-corrected chi connectivity index (χ3v) is 2.92. The van der Waals surface area contributed by atoms with E-state index in [4.69, 9.17) is 5.84 Å². The van der Waals surface area contributed by atoms with Crippen LogP contribution in [0.25, 0.3) is 0 Å². The van der Waals surface area contributed by atoms with Crippen molar-refractivity contribution in [3.8, 4) is 0 Å². The molecule has 3 N–H and O–H groups in total. The molecule has 6 nitrogen and oxygen atoms in total. The number of hydrazine groups is 1. The van der Waals surface area contributed by atoms with Gasteiger partial charge in [-0.3, -0.25) is 9.36 Å². The van der Waals surface area contributed by atoms with Gasteiger partial charge >= 0.3 is 0 Å². The van der Waals surface area contributed by atoms with Crippen molar-refractivity contribution < 1.29 is 0 Å². The van der Waals surface area contributed by atoms with E-state index in [0.29, 0.717) is 15.9 Å². The van der Waals surface area contributed by atoms with Crippen molar-refractivity contribution >= 4 is 28.4 Å². The van der Waals surface area contributed by atoms with E-state index in [1.807, 2.05) is 28.7 Å². The lowest BCUT2D eigenvalue weighted by Gasteiger charge is -2.05. The second-order valence-corrected chi connectivity index (χ2v) is 4.53. The molecule has 0 atom stereocenters. The molecule has 7 heteroatoms. The van der Waals surface area contributed by atoms with E-state index in [1.165, 1.54) is 10.9 Å². The molecule has 0 fully saturated rings. The molecule has 0 radical (unpaired) electrons. The maximum Gasteiger partial charge on any atom is 0.267 e. The normalized spacial score (nSPS) is 10.2. The molecule has 88 valence electrons. The Morgan fingerprint density at radius 1 is 1.41 bits per heavy atom. The number of nitrogen functional groups attached to an aromatic ring is 1. The Morgan fingerprint density at radius 2 is 2.24 bits per heavy atom. The minimum atomic E-state index is -0.0540. The fourth-order valence-electron chi connectivity index (χ4n) is 1.34. The van der Waals surface area contributed by atoms with Crippen LogP contribution in [0.2, 0.25) is 0 Å². The number of hydrogen-bond donors (Lipinski definition) is 2. The molecular weight excluding hydrogens is 333 g/mol. The Kier molecular flexibility index (Phi) is 3.69. The first-order chi connectivity index (χ1) is 8.20. The molecule has 2 aromatic heterocycles. The van der Waals surface area contributed by atoms with E-state index in [0.717, 1.165) is 5.56 Å². The van der Waals surface area contributed by atoms with Gasteiger partial charge in [0, 0.05) is 12.4 Å². The molecular formula is C10H10IN5O. The molecule has 0 aliphatic heterocycles. The average molecular weight is 343 g/mol.